The van der Waals surface area contributed by atoms with E-state index in [1.807, 2.05) is 6.07 Å². The van der Waals surface area contributed by atoms with Gasteiger partial charge in [-0.1, -0.05) is 11.6 Å². The Balaban J connectivity index is 1.44. The summed E-state index contributed by atoms with van der Waals surface area (Å²) < 4.78 is 18.7. The van der Waals surface area contributed by atoms with Crippen molar-refractivity contribution in [2.45, 2.75) is 25.8 Å². The quantitative estimate of drug-likeness (QED) is 0.538. The molecule has 0 spiro atoms. The van der Waals surface area contributed by atoms with Crippen LogP contribution >= 0.6 is 11.6 Å². The van der Waals surface area contributed by atoms with Crippen LogP contribution in [0.2, 0.25) is 5.02 Å². The third kappa shape index (κ3) is 4.57. The molecule has 10 heteroatoms. The van der Waals surface area contributed by atoms with Crippen molar-refractivity contribution in [3.63, 3.8) is 0 Å². The highest BCUT2D eigenvalue weighted by Gasteiger charge is 2.29. The smallest absolute Gasteiger partial charge is 0.318 e. The maximum atomic E-state index is 13.5. The Morgan fingerprint density at radius 2 is 1.76 bits per heavy atom. The first kappa shape index (κ1) is 22.6. The van der Waals surface area contributed by atoms with E-state index in [2.05, 4.69) is 31.6 Å². The third-order valence-electron chi connectivity index (χ3n) is 6.34. The Bertz CT molecular complexity index is 1160. The first-order chi connectivity index (χ1) is 16.5. The van der Waals surface area contributed by atoms with Gasteiger partial charge in [0.05, 0.1) is 19.0 Å². The monoisotopic (exact) mass is 483 g/mol. The van der Waals surface area contributed by atoms with E-state index in [-0.39, 0.29) is 11.9 Å². The number of piperazine rings is 1. The maximum absolute atomic E-state index is 13.5. The lowest BCUT2D eigenvalue weighted by Crippen LogP contribution is -2.52. The zero-order valence-corrected chi connectivity index (χ0v) is 20.0. The molecule has 1 aromatic carbocycles. The van der Waals surface area contributed by atoms with Crippen LogP contribution in [0.15, 0.2) is 36.5 Å². The van der Waals surface area contributed by atoms with Gasteiger partial charge in [-0.25, -0.2) is 14.4 Å². The number of rotatable bonds is 5. The van der Waals surface area contributed by atoms with Crippen molar-refractivity contribution in [3.8, 4) is 17.3 Å². The van der Waals surface area contributed by atoms with Crippen LogP contribution in [-0.4, -0.2) is 65.8 Å². The second-order valence-electron chi connectivity index (χ2n) is 8.63. The summed E-state index contributed by atoms with van der Waals surface area (Å²) in [5, 5.41) is 0.499. The van der Waals surface area contributed by atoms with E-state index >= 15 is 0 Å². The summed E-state index contributed by atoms with van der Waals surface area (Å²) in [6.07, 6.45) is 3.84. The lowest BCUT2D eigenvalue weighted by molar-refractivity contribution is 0.379. The predicted octanol–water partition coefficient (Wildman–Crippen LogP) is 4.05. The zero-order chi connectivity index (χ0) is 23.7. The van der Waals surface area contributed by atoms with E-state index in [4.69, 9.17) is 26.3 Å². The average molecular weight is 484 g/mol. The topological polar surface area (TPSA) is 70.5 Å². The molecule has 1 atom stereocenters. The number of methoxy groups -OCH3 is 1. The SMILES string of the molecule is COc1ncc(Cl)c(N2CCN(c3cc(-c4ccc(F)cc4)nc(N4CCCC4)n3)[C@H](C)C2)n1. The molecule has 0 aliphatic carbocycles. The molecule has 2 aliphatic rings. The molecule has 0 saturated carbocycles. The van der Waals surface area contributed by atoms with Crippen molar-refractivity contribution >= 4 is 29.2 Å². The molecule has 0 unspecified atom stereocenters. The van der Waals surface area contributed by atoms with Gasteiger partial charge in [0.15, 0.2) is 5.82 Å². The Hall–Kier alpha value is -3.20. The Labute approximate surface area is 203 Å². The van der Waals surface area contributed by atoms with Gasteiger partial charge in [-0.2, -0.15) is 9.97 Å². The molecular formula is C24H27ClFN7O. The molecule has 2 aromatic heterocycles. The normalized spacial score (nSPS) is 18.5. The van der Waals surface area contributed by atoms with Crippen LogP contribution in [0.5, 0.6) is 6.01 Å². The summed E-state index contributed by atoms with van der Waals surface area (Å²) in [7, 11) is 1.54. The molecule has 5 rings (SSSR count). The predicted molar refractivity (Wildman–Crippen MR) is 131 cm³/mol. The van der Waals surface area contributed by atoms with Crippen LogP contribution in [-0.2, 0) is 0 Å². The largest absolute Gasteiger partial charge is 0.467 e. The van der Waals surface area contributed by atoms with Gasteiger partial charge in [0, 0.05) is 50.4 Å². The first-order valence-corrected chi connectivity index (χ1v) is 11.9. The van der Waals surface area contributed by atoms with Crippen LogP contribution in [0.4, 0.5) is 22.0 Å². The molecule has 0 radical (unpaired) electrons. The molecule has 2 aliphatic heterocycles. The van der Waals surface area contributed by atoms with Crippen LogP contribution < -0.4 is 19.4 Å². The molecule has 0 bridgehead atoms. The Kier molecular flexibility index (Phi) is 6.36. The summed E-state index contributed by atoms with van der Waals surface area (Å²) in [4.78, 5) is 25.0. The fraction of sp³-hybridized carbons (Fsp3) is 0.417. The highest BCUT2D eigenvalue weighted by Crippen LogP contribution is 2.31. The second kappa shape index (κ2) is 9.58. The maximum Gasteiger partial charge on any atom is 0.318 e. The lowest BCUT2D eigenvalue weighted by atomic mass is 10.1. The summed E-state index contributed by atoms with van der Waals surface area (Å²) >= 11 is 6.39. The van der Waals surface area contributed by atoms with Crippen molar-refractivity contribution < 1.29 is 9.13 Å². The molecule has 8 nitrogen and oxygen atoms in total. The van der Waals surface area contributed by atoms with Gasteiger partial charge in [0.1, 0.15) is 16.7 Å². The number of hydrogen-bond donors (Lipinski definition) is 0. The van der Waals surface area contributed by atoms with Crippen LogP contribution in [0, 0.1) is 5.82 Å². The van der Waals surface area contributed by atoms with E-state index in [1.54, 1.807) is 25.4 Å². The minimum Gasteiger partial charge on any atom is -0.467 e. The van der Waals surface area contributed by atoms with E-state index in [9.17, 15) is 4.39 Å². The Morgan fingerprint density at radius 1 is 1.00 bits per heavy atom. The standard InChI is InChI=1S/C24H27ClFN7O/c1-16-15-32(22-19(25)14-27-24(30-22)34-2)11-12-33(16)21-13-20(17-5-7-18(26)8-6-17)28-23(29-21)31-9-3-4-10-31/h5-8,13-14,16H,3-4,9-12,15H2,1-2H3/t16-/m1/s1. The number of aromatic nitrogens is 4. The number of halogens is 2. The number of ether oxygens (including phenoxy) is 1. The van der Waals surface area contributed by atoms with Gasteiger partial charge >= 0.3 is 6.01 Å². The molecule has 2 fully saturated rings. The van der Waals surface area contributed by atoms with E-state index in [1.165, 1.54) is 12.1 Å². The molecule has 0 N–H and O–H groups in total. The van der Waals surface area contributed by atoms with Crippen molar-refractivity contribution in [3.05, 3.63) is 47.4 Å². The molecule has 0 amide bonds. The Morgan fingerprint density at radius 3 is 2.47 bits per heavy atom. The molecular weight excluding hydrogens is 457 g/mol. The molecule has 34 heavy (non-hydrogen) atoms. The summed E-state index contributed by atoms with van der Waals surface area (Å²) in [5.41, 5.74) is 1.67. The van der Waals surface area contributed by atoms with Gasteiger partial charge in [-0.3, -0.25) is 0 Å². The average Bonchev–Trinajstić information content (AvgIpc) is 3.40. The van der Waals surface area contributed by atoms with E-state index in [0.29, 0.717) is 16.9 Å². The lowest BCUT2D eigenvalue weighted by Gasteiger charge is -2.41. The fourth-order valence-corrected chi connectivity index (χ4v) is 4.76. The van der Waals surface area contributed by atoms with Crippen molar-refractivity contribution in [2.24, 2.45) is 0 Å². The second-order valence-corrected chi connectivity index (χ2v) is 9.04. The summed E-state index contributed by atoms with van der Waals surface area (Å²) in [6, 6.07) is 8.90. The fourth-order valence-electron chi connectivity index (χ4n) is 4.55. The highest BCUT2D eigenvalue weighted by molar-refractivity contribution is 6.32. The van der Waals surface area contributed by atoms with Gasteiger partial charge in [0.25, 0.3) is 0 Å². The van der Waals surface area contributed by atoms with E-state index in [0.717, 1.165) is 68.6 Å². The number of hydrogen-bond acceptors (Lipinski definition) is 8. The third-order valence-corrected chi connectivity index (χ3v) is 6.60. The molecule has 178 valence electrons. The summed E-state index contributed by atoms with van der Waals surface area (Å²) in [6.45, 7) is 6.23. The molecule has 4 heterocycles. The molecule has 2 saturated heterocycles. The van der Waals surface area contributed by atoms with E-state index < -0.39 is 0 Å². The zero-order valence-electron chi connectivity index (χ0n) is 19.3. The van der Waals surface area contributed by atoms with Crippen molar-refractivity contribution in [1.82, 2.24) is 19.9 Å². The van der Waals surface area contributed by atoms with Gasteiger partial charge < -0.3 is 19.4 Å². The van der Waals surface area contributed by atoms with Gasteiger partial charge in [-0.15, -0.1) is 0 Å². The molecule has 3 aromatic rings. The minimum atomic E-state index is -0.262. The van der Waals surface area contributed by atoms with Crippen molar-refractivity contribution in [1.29, 1.82) is 0 Å². The van der Waals surface area contributed by atoms with Crippen LogP contribution in [0.3, 0.4) is 0 Å². The van der Waals surface area contributed by atoms with Gasteiger partial charge in [0.2, 0.25) is 5.95 Å². The highest BCUT2D eigenvalue weighted by atomic mass is 35.5. The van der Waals surface area contributed by atoms with Crippen LogP contribution in [0.25, 0.3) is 11.3 Å². The van der Waals surface area contributed by atoms with Crippen LogP contribution in [0.1, 0.15) is 19.8 Å². The number of benzene rings is 1. The minimum absolute atomic E-state index is 0.146. The number of nitrogens with zero attached hydrogens (tertiary/aromatic N) is 7. The summed E-state index contributed by atoms with van der Waals surface area (Å²) in [5.74, 6) is 2.01. The van der Waals surface area contributed by atoms with Crippen molar-refractivity contribution in [2.75, 3.05) is 54.5 Å². The first-order valence-electron chi connectivity index (χ1n) is 11.5. The number of anilines is 3. The van der Waals surface area contributed by atoms with Gasteiger partial charge in [-0.05, 0) is 44.0 Å².